The van der Waals surface area contributed by atoms with Gasteiger partial charge >= 0.3 is 6.03 Å². The number of rotatable bonds is 4. The van der Waals surface area contributed by atoms with Crippen LogP contribution in [0, 0.1) is 6.92 Å². The highest BCUT2D eigenvalue weighted by Crippen LogP contribution is 2.22. The van der Waals surface area contributed by atoms with Crippen LogP contribution in [-0.2, 0) is 6.54 Å². The van der Waals surface area contributed by atoms with E-state index in [0.717, 1.165) is 68.2 Å². The highest BCUT2D eigenvalue weighted by molar-refractivity contribution is 5.75. The number of imidazole rings is 1. The van der Waals surface area contributed by atoms with Crippen molar-refractivity contribution in [2.75, 3.05) is 26.2 Å². The summed E-state index contributed by atoms with van der Waals surface area (Å²) in [4.78, 5) is 26.6. The average molecular weight is 433 g/mol. The Hall–Kier alpha value is -2.93. The van der Waals surface area contributed by atoms with Crippen LogP contribution >= 0.6 is 0 Å². The Bertz CT molecular complexity index is 1080. The second kappa shape index (κ2) is 9.28. The van der Waals surface area contributed by atoms with Crippen LogP contribution in [0.3, 0.4) is 0 Å². The zero-order valence-electron chi connectivity index (χ0n) is 18.8. The van der Waals surface area contributed by atoms with Crippen LogP contribution in [0.1, 0.15) is 43.5 Å². The van der Waals surface area contributed by atoms with Crippen LogP contribution in [0.5, 0.6) is 0 Å². The molecule has 1 aliphatic carbocycles. The number of nitrogens with zero attached hydrogens (tertiary/aromatic N) is 5. The maximum Gasteiger partial charge on any atom is 0.317 e. The number of benzene rings is 1. The third-order valence-electron chi connectivity index (χ3n) is 6.70. The molecule has 0 spiro atoms. The lowest BCUT2D eigenvalue weighted by Crippen LogP contribution is -2.53. The molecule has 168 valence electrons. The second-order valence-corrected chi connectivity index (χ2v) is 9.10. The zero-order valence-corrected chi connectivity index (χ0v) is 18.8. The van der Waals surface area contributed by atoms with Crippen LogP contribution < -0.4 is 5.32 Å². The summed E-state index contributed by atoms with van der Waals surface area (Å²) in [5.74, 6) is 0.990. The van der Waals surface area contributed by atoms with Gasteiger partial charge in [-0.05, 0) is 49.6 Å². The van der Waals surface area contributed by atoms with Gasteiger partial charge in [-0.1, -0.05) is 31.4 Å². The molecule has 32 heavy (non-hydrogen) atoms. The number of pyridine rings is 1. The molecule has 2 fully saturated rings. The van der Waals surface area contributed by atoms with Crippen molar-refractivity contribution < 1.29 is 4.79 Å². The van der Waals surface area contributed by atoms with Crippen molar-refractivity contribution >= 4 is 17.2 Å². The van der Waals surface area contributed by atoms with Crippen molar-refractivity contribution in [3.63, 3.8) is 0 Å². The van der Waals surface area contributed by atoms with E-state index in [1.807, 2.05) is 23.2 Å². The third kappa shape index (κ3) is 4.48. The van der Waals surface area contributed by atoms with E-state index in [2.05, 4.69) is 51.0 Å². The Morgan fingerprint density at radius 1 is 1.06 bits per heavy atom. The van der Waals surface area contributed by atoms with E-state index in [4.69, 9.17) is 4.98 Å². The quantitative estimate of drug-likeness (QED) is 0.679. The van der Waals surface area contributed by atoms with Crippen molar-refractivity contribution in [3.05, 3.63) is 54.0 Å². The summed E-state index contributed by atoms with van der Waals surface area (Å²) in [5, 5.41) is 3.25. The fourth-order valence-electron chi connectivity index (χ4n) is 4.93. The highest BCUT2D eigenvalue weighted by atomic mass is 16.2. The highest BCUT2D eigenvalue weighted by Gasteiger charge is 2.25. The number of carbonyl (C=O) groups is 1. The molecular weight excluding hydrogens is 400 g/mol. The van der Waals surface area contributed by atoms with Crippen molar-refractivity contribution in [3.8, 4) is 5.69 Å². The molecule has 1 aromatic carbocycles. The van der Waals surface area contributed by atoms with Crippen LogP contribution in [0.4, 0.5) is 4.79 Å². The molecule has 7 heteroatoms. The second-order valence-electron chi connectivity index (χ2n) is 9.10. The number of hydrogen-bond donors (Lipinski definition) is 1. The molecule has 3 heterocycles. The van der Waals surface area contributed by atoms with Crippen molar-refractivity contribution in [1.82, 2.24) is 29.7 Å². The number of piperazine rings is 1. The first kappa shape index (κ1) is 20.9. The summed E-state index contributed by atoms with van der Waals surface area (Å²) in [5.41, 5.74) is 4.10. The van der Waals surface area contributed by atoms with Crippen LogP contribution in [0.15, 0.2) is 42.6 Å². The van der Waals surface area contributed by atoms with Gasteiger partial charge in [-0.2, -0.15) is 0 Å². The summed E-state index contributed by atoms with van der Waals surface area (Å²) in [6.07, 6.45) is 7.83. The fourth-order valence-corrected chi connectivity index (χ4v) is 4.93. The monoisotopic (exact) mass is 432 g/mol. The minimum absolute atomic E-state index is 0.104. The number of aryl methyl sites for hydroxylation is 1. The number of aromatic nitrogens is 3. The largest absolute Gasteiger partial charge is 0.335 e. The van der Waals surface area contributed by atoms with E-state index < -0.39 is 0 Å². The summed E-state index contributed by atoms with van der Waals surface area (Å²) < 4.78 is 2.17. The van der Waals surface area contributed by atoms with Gasteiger partial charge in [-0.25, -0.2) is 14.8 Å². The van der Waals surface area contributed by atoms with Crippen molar-refractivity contribution in [2.24, 2.45) is 0 Å². The predicted octanol–water partition coefficient (Wildman–Crippen LogP) is 3.89. The molecule has 2 aliphatic rings. The van der Waals surface area contributed by atoms with Crippen molar-refractivity contribution in [1.29, 1.82) is 0 Å². The maximum absolute atomic E-state index is 12.7. The smallest absolute Gasteiger partial charge is 0.317 e. The lowest BCUT2D eigenvalue weighted by molar-refractivity contribution is 0.130. The molecule has 3 aromatic rings. The number of hydrogen-bond acceptors (Lipinski definition) is 4. The van der Waals surface area contributed by atoms with E-state index in [9.17, 15) is 4.79 Å². The molecule has 1 saturated heterocycles. The molecule has 0 unspecified atom stereocenters. The number of nitrogens with one attached hydrogen (secondary N) is 1. The molecule has 0 bridgehead atoms. The van der Waals surface area contributed by atoms with Gasteiger partial charge in [0.2, 0.25) is 0 Å². The SMILES string of the molecule is Cc1cccc(-n2c(CN3CCN(C(=O)NC4CCCCC4)CC3)nc3cccnc32)c1. The topological polar surface area (TPSA) is 66.3 Å². The molecule has 7 nitrogen and oxygen atoms in total. The Morgan fingerprint density at radius 3 is 2.66 bits per heavy atom. The summed E-state index contributed by atoms with van der Waals surface area (Å²) in [6.45, 7) is 6.05. The summed E-state index contributed by atoms with van der Waals surface area (Å²) >= 11 is 0. The fraction of sp³-hybridized carbons (Fsp3) is 0.480. The lowest BCUT2D eigenvalue weighted by Gasteiger charge is -2.35. The van der Waals surface area contributed by atoms with Gasteiger partial charge in [0.15, 0.2) is 5.65 Å². The Balaban J connectivity index is 1.28. The molecule has 2 amide bonds. The first-order valence-electron chi connectivity index (χ1n) is 11.8. The van der Waals surface area contributed by atoms with Gasteiger partial charge in [-0.15, -0.1) is 0 Å². The Labute approximate surface area is 189 Å². The Kier molecular flexibility index (Phi) is 6.08. The van der Waals surface area contributed by atoms with Crippen LogP contribution in [0.2, 0.25) is 0 Å². The standard InChI is InChI=1S/C25H32N6O/c1-19-7-5-10-21(17-19)31-23(28-22-11-6-12-26-24(22)31)18-29-13-15-30(16-14-29)25(32)27-20-8-3-2-4-9-20/h5-7,10-12,17,20H,2-4,8-9,13-16,18H2,1H3,(H,27,32). The zero-order chi connectivity index (χ0) is 21.9. The van der Waals surface area contributed by atoms with E-state index >= 15 is 0 Å². The number of urea groups is 1. The number of amides is 2. The molecule has 5 rings (SSSR count). The molecule has 1 aliphatic heterocycles. The molecule has 0 atom stereocenters. The summed E-state index contributed by atoms with van der Waals surface area (Å²) in [6, 6.07) is 12.9. The van der Waals surface area contributed by atoms with E-state index in [1.165, 1.54) is 24.8 Å². The van der Waals surface area contributed by atoms with E-state index in [0.29, 0.717) is 6.04 Å². The molecule has 1 N–H and O–H groups in total. The van der Waals surface area contributed by atoms with Gasteiger partial charge in [0.05, 0.1) is 6.54 Å². The predicted molar refractivity (Wildman–Crippen MR) is 126 cm³/mol. The van der Waals surface area contributed by atoms with E-state index in [-0.39, 0.29) is 6.03 Å². The summed E-state index contributed by atoms with van der Waals surface area (Å²) in [7, 11) is 0. The van der Waals surface area contributed by atoms with Gasteiger partial charge in [0.1, 0.15) is 11.3 Å². The van der Waals surface area contributed by atoms with Gasteiger partial charge < -0.3 is 10.2 Å². The van der Waals surface area contributed by atoms with Gasteiger partial charge in [-0.3, -0.25) is 9.47 Å². The van der Waals surface area contributed by atoms with Crippen LogP contribution in [-0.4, -0.2) is 62.6 Å². The van der Waals surface area contributed by atoms with Gasteiger partial charge in [0.25, 0.3) is 0 Å². The maximum atomic E-state index is 12.7. The minimum Gasteiger partial charge on any atom is -0.335 e. The Morgan fingerprint density at radius 2 is 1.88 bits per heavy atom. The first-order valence-corrected chi connectivity index (χ1v) is 11.8. The minimum atomic E-state index is 0.104. The molecular formula is C25H32N6O. The molecule has 2 aromatic heterocycles. The normalized spacial score (nSPS) is 18.2. The first-order chi connectivity index (χ1) is 15.7. The third-order valence-corrected chi connectivity index (χ3v) is 6.70. The van der Waals surface area contributed by atoms with Crippen LogP contribution in [0.25, 0.3) is 16.9 Å². The number of fused-ring (bicyclic) bond motifs is 1. The van der Waals surface area contributed by atoms with Gasteiger partial charge in [0, 0.05) is 44.1 Å². The van der Waals surface area contributed by atoms with Crippen molar-refractivity contribution in [2.45, 2.75) is 51.6 Å². The number of carbonyl (C=O) groups excluding carboxylic acids is 1. The average Bonchev–Trinajstić information content (AvgIpc) is 3.18. The molecule has 1 saturated carbocycles. The molecule has 0 radical (unpaired) electrons. The lowest BCUT2D eigenvalue weighted by atomic mass is 9.96. The van der Waals surface area contributed by atoms with E-state index in [1.54, 1.807) is 0 Å².